The van der Waals surface area contributed by atoms with Gasteiger partial charge in [0.1, 0.15) is 6.04 Å². The minimum Gasteiger partial charge on any atom is -0.465 e. The van der Waals surface area contributed by atoms with Gasteiger partial charge in [-0.1, -0.05) is 0 Å². The molecule has 0 aliphatic carbocycles. The molecule has 0 aromatic rings. The smallest absolute Gasteiger partial charge is 0.322 e. The second-order valence-electron chi connectivity index (χ2n) is 3.98. The molecule has 0 spiro atoms. The van der Waals surface area contributed by atoms with Crippen LogP contribution in [0.2, 0.25) is 0 Å². The minimum atomic E-state index is -0.516. The van der Waals surface area contributed by atoms with Crippen molar-refractivity contribution >= 4 is 17.7 Å². The number of thioether (sulfide) groups is 1. The third-order valence-corrected chi connectivity index (χ3v) is 3.32. The van der Waals surface area contributed by atoms with Gasteiger partial charge in [0.15, 0.2) is 0 Å². The van der Waals surface area contributed by atoms with E-state index in [1.807, 2.05) is 0 Å². The second kappa shape index (κ2) is 15.1. The molecule has 0 saturated carbocycles. The third kappa shape index (κ3) is 12.7. The fourth-order valence-electron chi connectivity index (χ4n) is 1.26. The molecule has 0 heterocycles. The first kappa shape index (κ1) is 19.7. The lowest BCUT2D eigenvalue weighted by Crippen LogP contribution is -2.32. The van der Waals surface area contributed by atoms with Crippen LogP contribution in [-0.2, 0) is 23.7 Å². The average Bonchev–Trinajstić information content (AvgIpc) is 2.44. The van der Waals surface area contributed by atoms with Crippen molar-refractivity contribution in [3.8, 4) is 0 Å². The Balaban J connectivity index is 3.18. The monoisotopic (exact) mass is 309 g/mol. The molecule has 0 aliphatic rings. The summed E-state index contributed by atoms with van der Waals surface area (Å²) in [6.07, 6.45) is 0.629. The first-order chi connectivity index (χ1) is 9.72. The van der Waals surface area contributed by atoms with Crippen LogP contribution in [-0.4, -0.2) is 70.3 Å². The zero-order chi connectivity index (χ0) is 15.1. The Hall–Kier alpha value is -0.340. The van der Waals surface area contributed by atoms with E-state index in [1.54, 1.807) is 25.8 Å². The van der Waals surface area contributed by atoms with Crippen molar-refractivity contribution in [2.24, 2.45) is 5.73 Å². The number of methoxy groups -OCH3 is 1. The van der Waals surface area contributed by atoms with E-state index in [0.717, 1.165) is 11.5 Å². The first-order valence-corrected chi connectivity index (χ1v) is 8.02. The van der Waals surface area contributed by atoms with Crippen molar-refractivity contribution in [1.82, 2.24) is 0 Å². The first-order valence-electron chi connectivity index (χ1n) is 6.86. The Morgan fingerprint density at radius 3 is 2.40 bits per heavy atom. The highest BCUT2D eigenvalue weighted by Crippen LogP contribution is 2.05. The van der Waals surface area contributed by atoms with Gasteiger partial charge in [0.25, 0.3) is 0 Å². The van der Waals surface area contributed by atoms with Crippen LogP contribution in [0, 0.1) is 0 Å². The molecule has 0 rings (SSSR count). The van der Waals surface area contributed by atoms with Crippen LogP contribution in [0.25, 0.3) is 0 Å². The third-order valence-electron chi connectivity index (χ3n) is 2.34. The molecule has 0 aliphatic heterocycles. The van der Waals surface area contributed by atoms with Crippen molar-refractivity contribution in [1.29, 1.82) is 0 Å². The van der Waals surface area contributed by atoms with Gasteiger partial charge < -0.3 is 24.7 Å². The number of ether oxygens (including phenoxy) is 4. The van der Waals surface area contributed by atoms with E-state index in [1.165, 1.54) is 0 Å². The quantitative estimate of drug-likeness (QED) is 0.373. The summed E-state index contributed by atoms with van der Waals surface area (Å²) >= 11 is 1.72. The van der Waals surface area contributed by atoms with Gasteiger partial charge in [-0.3, -0.25) is 4.79 Å². The van der Waals surface area contributed by atoms with E-state index < -0.39 is 6.04 Å². The van der Waals surface area contributed by atoms with E-state index in [-0.39, 0.29) is 5.97 Å². The van der Waals surface area contributed by atoms with Crippen molar-refractivity contribution in [2.45, 2.75) is 19.4 Å². The Labute approximate surface area is 125 Å². The molecule has 0 aromatic heterocycles. The Bertz CT molecular complexity index is 231. The van der Waals surface area contributed by atoms with Gasteiger partial charge in [-0.15, -0.1) is 0 Å². The highest BCUT2D eigenvalue weighted by atomic mass is 32.2. The number of hydrogen-bond acceptors (Lipinski definition) is 7. The summed E-state index contributed by atoms with van der Waals surface area (Å²) in [6.45, 7) is 5.20. The van der Waals surface area contributed by atoms with Gasteiger partial charge in [0.2, 0.25) is 0 Å². The lowest BCUT2D eigenvalue weighted by Gasteiger charge is -2.10. The van der Waals surface area contributed by atoms with Crippen molar-refractivity contribution < 1.29 is 23.7 Å². The van der Waals surface area contributed by atoms with Gasteiger partial charge in [-0.2, -0.15) is 11.8 Å². The van der Waals surface area contributed by atoms with Crippen LogP contribution >= 0.6 is 11.8 Å². The summed E-state index contributed by atoms with van der Waals surface area (Å²) in [7, 11) is 1.64. The molecular weight excluding hydrogens is 282 g/mol. The number of hydrogen-bond donors (Lipinski definition) is 1. The lowest BCUT2D eigenvalue weighted by atomic mass is 10.2. The number of nitrogens with two attached hydrogens (primary N) is 1. The van der Waals surface area contributed by atoms with E-state index >= 15 is 0 Å². The SMILES string of the molecule is CCOC(=O)C(N)CCSCCOCCOCCOC. The summed E-state index contributed by atoms with van der Waals surface area (Å²) in [5.41, 5.74) is 5.68. The molecule has 0 aromatic carbocycles. The van der Waals surface area contributed by atoms with Crippen LogP contribution < -0.4 is 5.73 Å². The Morgan fingerprint density at radius 2 is 1.75 bits per heavy atom. The maximum absolute atomic E-state index is 11.3. The summed E-state index contributed by atoms with van der Waals surface area (Å²) in [5.74, 6) is 1.39. The molecule has 120 valence electrons. The molecule has 0 amide bonds. The maximum Gasteiger partial charge on any atom is 0.322 e. The van der Waals surface area contributed by atoms with Crippen LogP contribution in [0.15, 0.2) is 0 Å². The molecule has 20 heavy (non-hydrogen) atoms. The lowest BCUT2D eigenvalue weighted by molar-refractivity contribution is -0.144. The molecule has 1 atom stereocenters. The highest BCUT2D eigenvalue weighted by Gasteiger charge is 2.13. The van der Waals surface area contributed by atoms with Crippen molar-refractivity contribution in [3.05, 3.63) is 0 Å². The minimum absolute atomic E-state index is 0.322. The summed E-state index contributed by atoms with van der Waals surface area (Å²) in [4.78, 5) is 11.3. The predicted octanol–water partition coefficient (Wildman–Crippen LogP) is 0.680. The van der Waals surface area contributed by atoms with Gasteiger partial charge in [0.05, 0.1) is 39.6 Å². The fourth-order valence-corrected chi connectivity index (χ4v) is 2.12. The van der Waals surface area contributed by atoms with E-state index in [2.05, 4.69) is 0 Å². The predicted molar refractivity (Wildman–Crippen MR) is 80.1 cm³/mol. The van der Waals surface area contributed by atoms with E-state index in [4.69, 9.17) is 24.7 Å². The second-order valence-corrected chi connectivity index (χ2v) is 5.20. The summed E-state index contributed by atoms with van der Waals surface area (Å²) in [5, 5.41) is 0. The summed E-state index contributed by atoms with van der Waals surface area (Å²) < 4.78 is 20.3. The normalized spacial score (nSPS) is 12.3. The standard InChI is InChI=1S/C13H27NO5S/c1-3-19-13(15)12(14)4-10-20-11-9-18-8-7-17-6-5-16-2/h12H,3-11,14H2,1-2H3. The zero-order valence-corrected chi connectivity index (χ0v) is 13.3. The summed E-state index contributed by atoms with van der Waals surface area (Å²) in [6, 6.07) is -0.516. The molecule has 0 radical (unpaired) electrons. The number of carbonyl (C=O) groups excluding carboxylic acids is 1. The van der Waals surface area contributed by atoms with Crippen molar-refractivity contribution in [2.75, 3.05) is 58.3 Å². The molecule has 2 N–H and O–H groups in total. The average molecular weight is 309 g/mol. The number of rotatable bonds is 14. The molecule has 0 fully saturated rings. The van der Waals surface area contributed by atoms with Crippen LogP contribution in [0.5, 0.6) is 0 Å². The Morgan fingerprint density at radius 1 is 1.10 bits per heavy atom. The van der Waals surface area contributed by atoms with Gasteiger partial charge in [-0.25, -0.2) is 0 Å². The molecule has 6 nitrogen and oxygen atoms in total. The van der Waals surface area contributed by atoms with Crippen LogP contribution in [0.1, 0.15) is 13.3 Å². The fraction of sp³-hybridized carbons (Fsp3) is 0.923. The van der Waals surface area contributed by atoms with Gasteiger partial charge in [0, 0.05) is 12.9 Å². The molecular formula is C13H27NO5S. The topological polar surface area (TPSA) is 80.0 Å². The van der Waals surface area contributed by atoms with E-state index in [9.17, 15) is 4.79 Å². The zero-order valence-electron chi connectivity index (χ0n) is 12.5. The number of esters is 1. The highest BCUT2D eigenvalue weighted by molar-refractivity contribution is 7.99. The van der Waals surface area contributed by atoms with Crippen LogP contribution in [0.3, 0.4) is 0 Å². The number of carbonyl (C=O) groups is 1. The maximum atomic E-state index is 11.3. The molecule has 0 saturated heterocycles. The molecule has 1 unspecified atom stereocenters. The van der Waals surface area contributed by atoms with Gasteiger partial charge >= 0.3 is 5.97 Å². The Kier molecular flexibility index (Phi) is 14.8. The molecule has 0 bridgehead atoms. The van der Waals surface area contributed by atoms with Crippen molar-refractivity contribution in [3.63, 3.8) is 0 Å². The van der Waals surface area contributed by atoms with E-state index in [0.29, 0.717) is 46.1 Å². The largest absolute Gasteiger partial charge is 0.465 e. The van der Waals surface area contributed by atoms with Gasteiger partial charge in [-0.05, 0) is 19.1 Å². The molecule has 7 heteroatoms. The van der Waals surface area contributed by atoms with Crippen LogP contribution in [0.4, 0.5) is 0 Å².